The first-order valence-electron chi connectivity index (χ1n) is 3.90. The van der Waals surface area contributed by atoms with Gasteiger partial charge in [-0.15, -0.1) is 0 Å². The number of hydrogen-bond acceptors (Lipinski definition) is 4. The van der Waals surface area contributed by atoms with Crippen LogP contribution in [-0.4, -0.2) is 50.3 Å². The van der Waals surface area contributed by atoms with Gasteiger partial charge in [-0.05, 0) is 0 Å². The molecule has 0 saturated carbocycles. The van der Waals surface area contributed by atoms with E-state index in [9.17, 15) is 21.6 Å². The first-order valence-corrected chi connectivity index (χ1v) is 5.51. The first kappa shape index (κ1) is 12.7. The monoisotopic (exact) mass is 250 g/mol. The summed E-state index contributed by atoms with van der Waals surface area (Å²) in [6.45, 7) is -1.34. The van der Waals surface area contributed by atoms with Gasteiger partial charge in [0.25, 0.3) is 10.1 Å². The summed E-state index contributed by atoms with van der Waals surface area (Å²) in [5, 5.41) is 0. The van der Waals surface area contributed by atoms with Crippen LogP contribution >= 0.6 is 0 Å². The van der Waals surface area contributed by atoms with Crippen molar-refractivity contribution in [1.29, 1.82) is 0 Å². The minimum absolute atomic E-state index is 0.0384. The molecule has 0 radical (unpaired) electrons. The molecule has 0 amide bonds. The molecule has 90 valence electrons. The Labute approximate surface area is 83.9 Å². The average Bonchev–Trinajstić information content (AvgIpc) is 2.00. The van der Waals surface area contributed by atoms with Crippen molar-refractivity contribution in [1.82, 2.24) is 0 Å². The lowest BCUT2D eigenvalue weighted by molar-refractivity contribution is -0.303. The van der Waals surface area contributed by atoms with Crippen LogP contribution in [-0.2, 0) is 19.6 Å². The molecule has 1 saturated heterocycles. The van der Waals surface area contributed by atoms with Crippen LogP contribution in [0.15, 0.2) is 0 Å². The maximum Gasteiger partial charge on any atom is 0.420 e. The number of rotatable bonds is 2. The fraction of sp³-hybridized carbons (Fsp3) is 1.00. The third-order valence-electron chi connectivity index (χ3n) is 1.87. The highest BCUT2D eigenvalue weighted by Crippen LogP contribution is 2.36. The molecule has 0 aromatic carbocycles. The predicted molar refractivity (Wildman–Crippen MR) is 42.0 cm³/mol. The molecule has 1 atom stereocenters. The first-order chi connectivity index (χ1) is 6.66. The van der Waals surface area contributed by atoms with Crippen LogP contribution in [0.3, 0.4) is 0 Å². The number of ether oxygens (including phenoxy) is 2. The minimum atomic E-state index is -4.91. The molecule has 15 heavy (non-hydrogen) atoms. The molecule has 1 heterocycles. The Morgan fingerprint density at radius 3 is 2.27 bits per heavy atom. The minimum Gasteiger partial charge on any atom is -0.376 e. The van der Waals surface area contributed by atoms with Crippen molar-refractivity contribution in [3.8, 4) is 0 Å². The van der Waals surface area contributed by atoms with E-state index in [-0.39, 0.29) is 13.2 Å². The van der Waals surface area contributed by atoms with Gasteiger partial charge < -0.3 is 9.47 Å². The molecule has 0 unspecified atom stereocenters. The van der Waals surface area contributed by atoms with Gasteiger partial charge in [0.15, 0.2) is 0 Å². The molecule has 5 nitrogen and oxygen atoms in total. The summed E-state index contributed by atoms with van der Waals surface area (Å²) < 4.78 is 76.0. The third-order valence-corrected chi connectivity index (χ3v) is 2.70. The van der Waals surface area contributed by atoms with Crippen molar-refractivity contribution in [2.45, 2.75) is 11.8 Å². The van der Waals surface area contributed by atoms with Crippen molar-refractivity contribution in [2.24, 2.45) is 0 Å². The van der Waals surface area contributed by atoms with E-state index in [1.807, 2.05) is 0 Å². The molecule has 1 fully saturated rings. The van der Waals surface area contributed by atoms with Crippen LogP contribution in [0.5, 0.6) is 0 Å². The van der Waals surface area contributed by atoms with Gasteiger partial charge in [-0.1, -0.05) is 0 Å². The van der Waals surface area contributed by atoms with Crippen LogP contribution in [0.25, 0.3) is 0 Å². The second kappa shape index (κ2) is 3.89. The summed E-state index contributed by atoms with van der Waals surface area (Å²) in [4.78, 5) is 0. The standard InChI is InChI=1S/C6H9F3O5S/c7-6(8,9)5(4-15(10,11)12)3-13-1-2-14-5/h1-4H2,(H,10,11,12)/t5-/m1/s1. The zero-order valence-corrected chi connectivity index (χ0v) is 8.27. The van der Waals surface area contributed by atoms with E-state index in [4.69, 9.17) is 4.55 Å². The molecule has 0 aliphatic carbocycles. The van der Waals surface area contributed by atoms with Crippen molar-refractivity contribution in [2.75, 3.05) is 25.6 Å². The summed E-state index contributed by atoms with van der Waals surface area (Å²) in [5.41, 5.74) is -2.96. The van der Waals surface area contributed by atoms with Gasteiger partial charge in [0.1, 0.15) is 5.75 Å². The Bertz CT molecular complexity index is 316. The van der Waals surface area contributed by atoms with Crippen molar-refractivity contribution < 1.29 is 35.6 Å². The number of hydrogen-bond donors (Lipinski definition) is 1. The van der Waals surface area contributed by atoms with Gasteiger partial charge in [0, 0.05) is 0 Å². The summed E-state index contributed by atoms with van der Waals surface area (Å²) in [7, 11) is -4.79. The second-order valence-corrected chi connectivity index (χ2v) is 4.57. The van der Waals surface area contributed by atoms with Crippen LogP contribution in [0.4, 0.5) is 13.2 Å². The van der Waals surface area contributed by atoms with E-state index in [0.717, 1.165) is 0 Å². The van der Waals surface area contributed by atoms with E-state index in [1.165, 1.54) is 0 Å². The van der Waals surface area contributed by atoms with Crippen molar-refractivity contribution in [3.05, 3.63) is 0 Å². The third kappa shape index (κ3) is 3.03. The van der Waals surface area contributed by atoms with Gasteiger partial charge in [-0.25, -0.2) is 0 Å². The molecule has 1 aliphatic rings. The van der Waals surface area contributed by atoms with E-state index in [2.05, 4.69) is 9.47 Å². The van der Waals surface area contributed by atoms with Gasteiger partial charge in [-0.3, -0.25) is 4.55 Å². The van der Waals surface area contributed by atoms with E-state index < -0.39 is 34.3 Å². The maximum atomic E-state index is 12.5. The number of alkyl halides is 3. The van der Waals surface area contributed by atoms with Gasteiger partial charge in [0.2, 0.25) is 5.60 Å². The van der Waals surface area contributed by atoms with Crippen LogP contribution in [0.2, 0.25) is 0 Å². The topological polar surface area (TPSA) is 72.8 Å². The highest BCUT2D eigenvalue weighted by molar-refractivity contribution is 7.85. The smallest absolute Gasteiger partial charge is 0.376 e. The van der Waals surface area contributed by atoms with Crippen molar-refractivity contribution in [3.63, 3.8) is 0 Å². The molecular weight excluding hydrogens is 241 g/mol. The summed E-state index contributed by atoms with van der Waals surface area (Å²) in [6.07, 6.45) is -4.91. The fourth-order valence-corrected chi connectivity index (χ4v) is 2.12. The van der Waals surface area contributed by atoms with E-state index >= 15 is 0 Å². The Kier molecular flexibility index (Phi) is 3.29. The predicted octanol–water partition coefficient (Wildman–Crippen LogP) is 0.222. The Morgan fingerprint density at radius 2 is 1.93 bits per heavy atom. The Balaban J connectivity index is 2.96. The number of halogens is 3. The molecule has 0 spiro atoms. The van der Waals surface area contributed by atoms with E-state index in [1.54, 1.807) is 0 Å². The summed E-state index contributed by atoms with van der Waals surface area (Å²) in [5.74, 6) is -1.55. The zero-order valence-electron chi connectivity index (χ0n) is 7.45. The van der Waals surface area contributed by atoms with Gasteiger partial charge in [-0.2, -0.15) is 21.6 Å². The molecule has 1 N–H and O–H groups in total. The van der Waals surface area contributed by atoms with E-state index in [0.29, 0.717) is 0 Å². The highest BCUT2D eigenvalue weighted by Gasteiger charge is 2.59. The SMILES string of the molecule is O=S(=O)(O)C[C@@]1(C(F)(F)F)COCCO1. The lowest BCUT2D eigenvalue weighted by Crippen LogP contribution is -2.58. The molecule has 0 bridgehead atoms. The molecule has 0 aromatic rings. The zero-order chi connectivity index (χ0) is 11.7. The fourth-order valence-electron chi connectivity index (χ4n) is 1.20. The summed E-state index contributed by atoms with van der Waals surface area (Å²) in [6, 6.07) is 0. The molecule has 1 rings (SSSR count). The molecule has 1 aliphatic heterocycles. The summed E-state index contributed by atoms with van der Waals surface area (Å²) >= 11 is 0. The molecule has 0 aromatic heterocycles. The lowest BCUT2D eigenvalue weighted by atomic mass is 10.1. The van der Waals surface area contributed by atoms with Gasteiger partial charge >= 0.3 is 6.18 Å². The average molecular weight is 250 g/mol. The van der Waals surface area contributed by atoms with Crippen LogP contribution < -0.4 is 0 Å². The van der Waals surface area contributed by atoms with Crippen molar-refractivity contribution >= 4 is 10.1 Å². The molecule has 9 heteroatoms. The van der Waals surface area contributed by atoms with Crippen LogP contribution in [0, 0.1) is 0 Å². The Morgan fingerprint density at radius 1 is 1.33 bits per heavy atom. The maximum absolute atomic E-state index is 12.5. The lowest BCUT2D eigenvalue weighted by Gasteiger charge is -2.37. The Hall–Kier alpha value is -0.380. The second-order valence-electron chi connectivity index (χ2n) is 3.12. The van der Waals surface area contributed by atoms with Crippen LogP contribution in [0.1, 0.15) is 0 Å². The largest absolute Gasteiger partial charge is 0.420 e. The molecular formula is C6H9F3O5S. The quantitative estimate of drug-likeness (QED) is 0.710. The van der Waals surface area contributed by atoms with Gasteiger partial charge in [0.05, 0.1) is 19.8 Å². The normalized spacial score (nSPS) is 29.1. The highest BCUT2D eigenvalue weighted by atomic mass is 32.2.